The van der Waals surface area contributed by atoms with Crippen molar-refractivity contribution in [2.75, 3.05) is 5.32 Å². The van der Waals surface area contributed by atoms with Crippen molar-refractivity contribution < 1.29 is 9.18 Å². The summed E-state index contributed by atoms with van der Waals surface area (Å²) in [6.45, 7) is 0.698. The fraction of sp³-hybridized carbons (Fsp3) is 0.167. The van der Waals surface area contributed by atoms with Gasteiger partial charge in [0.05, 0.1) is 10.9 Å². The molecule has 0 saturated heterocycles. The van der Waals surface area contributed by atoms with E-state index in [4.69, 9.17) is 0 Å². The second-order valence-electron chi connectivity index (χ2n) is 5.78. The minimum Gasteiger partial charge on any atom is -0.322 e. The van der Waals surface area contributed by atoms with Crippen molar-refractivity contribution in [1.82, 2.24) is 9.55 Å². The molecule has 2 aromatic carbocycles. The summed E-state index contributed by atoms with van der Waals surface area (Å²) >= 11 is 0. The van der Waals surface area contributed by atoms with E-state index < -0.39 is 0 Å². The van der Waals surface area contributed by atoms with Gasteiger partial charge >= 0.3 is 0 Å². The molecule has 0 saturated carbocycles. The number of hydrogen-bond acceptors (Lipinski definition) is 3. The van der Waals surface area contributed by atoms with E-state index in [9.17, 15) is 14.0 Å². The summed E-state index contributed by atoms with van der Waals surface area (Å²) in [5.41, 5.74) is 1.38. The normalized spacial score (nSPS) is 13.0. The molecule has 3 aromatic rings. The summed E-state index contributed by atoms with van der Waals surface area (Å²) in [4.78, 5) is 29.3. The van der Waals surface area contributed by atoms with Crippen LogP contribution in [0.15, 0.2) is 47.3 Å². The molecule has 6 heteroatoms. The van der Waals surface area contributed by atoms with E-state index in [2.05, 4.69) is 10.3 Å². The van der Waals surface area contributed by atoms with E-state index in [0.717, 1.165) is 18.7 Å². The molecule has 1 N–H and O–H groups in total. The second kappa shape index (κ2) is 5.56. The van der Waals surface area contributed by atoms with Crippen LogP contribution in [0.1, 0.15) is 22.6 Å². The highest BCUT2D eigenvalue weighted by Gasteiger charge is 2.17. The molecule has 1 amide bonds. The molecule has 0 atom stereocenters. The summed E-state index contributed by atoms with van der Waals surface area (Å²) < 4.78 is 14.6. The third-order valence-corrected chi connectivity index (χ3v) is 4.18. The van der Waals surface area contributed by atoms with Crippen LogP contribution in [0.5, 0.6) is 0 Å². The molecule has 1 aliphatic rings. The zero-order chi connectivity index (χ0) is 16.7. The van der Waals surface area contributed by atoms with Crippen molar-refractivity contribution in [3.63, 3.8) is 0 Å². The van der Waals surface area contributed by atoms with Crippen LogP contribution in [0.25, 0.3) is 10.9 Å². The lowest BCUT2D eigenvalue weighted by Crippen LogP contribution is -2.21. The maximum absolute atomic E-state index is 12.9. The number of aryl methyl sites for hydroxylation is 1. The molecular weight excluding hydrogens is 309 g/mol. The highest BCUT2D eigenvalue weighted by molar-refractivity contribution is 6.06. The van der Waals surface area contributed by atoms with Gasteiger partial charge in [0, 0.05) is 24.2 Å². The first-order valence-electron chi connectivity index (χ1n) is 7.72. The number of anilines is 1. The first-order valence-corrected chi connectivity index (χ1v) is 7.72. The Bertz CT molecular complexity index is 1010. The van der Waals surface area contributed by atoms with E-state index in [1.165, 1.54) is 24.3 Å². The predicted molar refractivity (Wildman–Crippen MR) is 88.7 cm³/mol. The lowest BCUT2D eigenvalue weighted by atomic mass is 10.1. The Morgan fingerprint density at radius 2 is 1.96 bits per heavy atom. The molecule has 1 aliphatic heterocycles. The van der Waals surface area contributed by atoms with Gasteiger partial charge in [-0.15, -0.1) is 0 Å². The number of nitrogens with zero attached hydrogens (tertiary/aromatic N) is 2. The van der Waals surface area contributed by atoms with Gasteiger partial charge in [0.25, 0.3) is 11.5 Å². The molecule has 0 spiro atoms. The molecule has 0 aliphatic carbocycles. The second-order valence-corrected chi connectivity index (χ2v) is 5.78. The Balaban J connectivity index is 1.69. The van der Waals surface area contributed by atoms with Crippen LogP contribution in [-0.4, -0.2) is 15.5 Å². The summed E-state index contributed by atoms with van der Waals surface area (Å²) in [5.74, 6) is 0.0757. The van der Waals surface area contributed by atoms with E-state index in [1.807, 2.05) is 0 Å². The van der Waals surface area contributed by atoms with E-state index >= 15 is 0 Å². The van der Waals surface area contributed by atoms with Crippen LogP contribution in [0.3, 0.4) is 0 Å². The van der Waals surface area contributed by atoms with Gasteiger partial charge in [-0.05, 0) is 48.9 Å². The van der Waals surface area contributed by atoms with Gasteiger partial charge in [0.15, 0.2) is 0 Å². The lowest BCUT2D eigenvalue weighted by Gasteiger charge is -2.08. The first-order chi connectivity index (χ1) is 11.6. The van der Waals surface area contributed by atoms with Crippen molar-refractivity contribution in [2.45, 2.75) is 19.4 Å². The molecule has 0 unspecified atom stereocenters. The van der Waals surface area contributed by atoms with Crippen molar-refractivity contribution in [2.24, 2.45) is 0 Å². The molecule has 24 heavy (non-hydrogen) atoms. The number of hydrogen-bond donors (Lipinski definition) is 1. The topological polar surface area (TPSA) is 64.0 Å². The molecule has 2 heterocycles. The van der Waals surface area contributed by atoms with Crippen molar-refractivity contribution in [3.8, 4) is 0 Å². The van der Waals surface area contributed by atoms with E-state index in [-0.39, 0.29) is 17.3 Å². The van der Waals surface area contributed by atoms with Crippen LogP contribution in [0, 0.1) is 5.82 Å². The highest BCUT2D eigenvalue weighted by Crippen LogP contribution is 2.17. The quantitative estimate of drug-likeness (QED) is 0.789. The van der Waals surface area contributed by atoms with Crippen LogP contribution in [0.2, 0.25) is 0 Å². The zero-order valence-corrected chi connectivity index (χ0v) is 12.8. The maximum atomic E-state index is 12.9. The summed E-state index contributed by atoms with van der Waals surface area (Å²) in [6.07, 6.45) is 1.69. The van der Waals surface area contributed by atoms with Crippen molar-refractivity contribution in [1.29, 1.82) is 0 Å². The van der Waals surface area contributed by atoms with Crippen molar-refractivity contribution >= 4 is 22.5 Å². The number of aromatic nitrogens is 2. The van der Waals surface area contributed by atoms with Gasteiger partial charge in [-0.1, -0.05) is 0 Å². The van der Waals surface area contributed by atoms with Crippen LogP contribution in [-0.2, 0) is 13.0 Å². The van der Waals surface area contributed by atoms with Crippen molar-refractivity contribution in [3.05, 3.63) is 70.0 Å². The Kier molecular flexibility index (Phi) is 3.37. The SMILES string of the molecule is O=C(Nc1ccc(F)cc1)c1ccc2c(=O)n3c(nc2c1)CCC3. The molecule has 4 rings (SSSR count). The summed E-state index contributed by atoms with van der Waals surface area (Å²) in [5, 5.41) is 3.21. The van der Waals surface area contributed by atoms with E-state index in [1.54, 1.807) is 22.8 Å². The molecule has 0 radical (unpaired) electrons. The minimum absolute atomic E-state index is 0.0574. The fourth-order valence-electron chi connectivity index (χ4n) is 2.96. The molecule has 1 aromatic heterocycles. The van der Waals surface area contributed by atoms with Gasteiger partial charge in [0.2, 0.25) is 0 Å². The number of halogens is 1. The fourth-order valence-corrected chi connectivity index (χ4v) is 2.96. The Morgan fingerprint density at radius 1 is 1.17 bits per heavy atom. The Morgan fingerprint density at radius 3 is 2.75 bits per heavy atom. The smallest absolute Gasteiger partial charge is 0.261 e. The number of carbonyl (C=O) groups excluding carboxylic acids is 1. The average molecular weight is 323 g/mol. The number of carbonyl (C=O) groups is 1. The number of rotatable bonds is 2. The van der Waals surface area contributed by atoms with Gasteiger partial charge in [-0.25, -0.2) is 9.37 Å². The molecule has 0 fully saturated rings. The predicted octanol–water partition coefficient (Wildman–Crippen LogP) is 2.73. The van der Waals surface area contributed by atoms with Crippen LogP contribution < -0.4 is 10.9 Å². The highest BCUT2D eigenvalue weighted by atomic mass is 19.1. The van der Waals surface area contributed by atoms with Crippen LogP contribution in [0.4, 0.5) is 10.1 Å². The number of benzene rings is 2. The molecular formula is C18H14FN3O2. The first kappa shape index (κ1) is 14.6. The number of amides is 1. The largest absolute Gasteiger partial charge is 0.322 e. The van der Waals surface area contributed by atoms with Gasteiger partial charge < -0.3 is 5.32 Å². The monoisotopic (exact) mass is 323 g/mol. The Labute approximate surface area is 136 Å². The lowest BCUT2D eigenvalue weighted by molar-refractivity contribution is 0.102. The third kappa shape index (κ3) is 2.46. The van der Waals surface area contributed by atoms with Crippen LogP contribution >= 0.6 is 0 Å². The average Bonchev–Trinajstić information content (AvgIpc) is 3.05. The summed E-state index contributed by atoms with van der Waals surface area (Å²) in [6, 6.07) is 10.4. The standard InChI is InChI=1S/C18H14FN3O2/c19-12-4-6-13(7-5-12)20-17(23)11-3-8-14-15(10-11)21-16-2-1-9-22(16)18(14)24/h3-8,10H,1-2,9H2,(H,20,23). The minimum atomic E-state index is -0.364. The van der Waals surface area contributed by atoms with Gasteiger partial charge in [-0.2, -0.15) is 0 Å². The van der Waals surface area contributed by atoms with E-state index in [0.29, 0.717) is 28.7 Å². The number of fused-ring (bicyclic) bond motifs is 2. The molecule has 120 valence electrons. The molecule has 5 nitrogen and oxygen atoms in total. The van der Waals surface area contributed by atoms with Gasteiger partial charge in [-0.3, -0.25) is 14.2 Å². The zero-order valence-electron chi connectivity index (χ0n) is 12.8. The molecule has 0 bridgehead atoms. The maximum Gasteiger partial charge on any atom is 0.261 e. The third-order valence-electron chi connectivity index (χ3n) is 4.18. The Hall–Kier alpha value is -3.02. The summed E-state index contributed by atoms with van der Waals surface area (Å²) in [7, 11) is 0. The number of nitrogens with one attached hydrogen (secondary N) is 1. The van der Waals surface area contributed by atoms with Gasteiger partial charge in [0.1, 0.15) is 11.6 Å².